The molecule has 0 aliphatic carbocycles. The fourth-order valence-electron chi connectivity index (χ4n) is 2.40. The van der Waals surface area contributed by atoms with Gasteiger partial charge in [0.25, 0.3) is 5.91 Å². The van der Waals surface area contributed by atoms with Gasteiger partial charge in [-0.25, -0.2) is 0 Å². The number of hydrogen-bond donors (Lipinski definition) is 1. The number of hydrogen-bond acceptors (Lipinski definition) is 4. The van der Waals surface area contributed by atoms with Crippen LogP contribution in [0.2, 0.25) is 0 Å². The highest BCUT2D eigenvalue weighted by Crippen LogP contribution is 2.30. The van der Waals surface area contributed by atoms with Crippen molar-refractivity contribution >= 4 is 33.0 Å². The summed E-state index contributed by atoms with van der Waals surface area (Å²) in [5, 5.41) is 3.98. The molecule has 4 nitrogen and oxygen atoms in total. The number of ether oxygens (including phenoxy) is 1. The number of benzene rings is 1. The molecule has 0 atom stereocenters. The number of nitrogens with one attached hydrogen (secondary N) is 1. The number of amides is 1. The fourth-order valence-corrected chi connectivity index (χ4v) is 3.41. The van der Waals surface area contributed by atoms with Crippen LogP contribution < -0.4 is 10.2 Å². The van der Waals surface area contributed by atoms with Gasteiger partial charge in [0.1, 0.15) is 0 Å². The highest BCUT2D eigenvalue weighted by Gasteiger charge is 2.14. The molecule has 0 radical (unpaired) electrons. The lowest BCUT2D eigenvalue weighted by atomic mass is 10.2. The molecule has 5 heteroatoms. The van der Waals surface area contributed by atoms with E-state index in [1.807, 2.05) is 13.0 Å². The van der Waals surface area contributed by atoms with E-state index >= 15 is 0 Å². The van der Waals surface area contributed by atoms with E-state index < -0.39 is 0 Å². The van der Waals surface area contributed by atoms with Crippen molar-refractivity contribution in [3.8, 4) is 0 Å². The first-order valence-electron chi connectivity index (χ1n) is 6.92. The third-order valence-electron chi connectivity index (χ3n) is 3.44. The topological polar surface area (TPSA) is 41.6 Å². The van der Waals surface area contributed by atoms with E-state index in [4.69, 9.17) is 4.74 Å². The number of morpholine rings is 1. The largest absolute Gasteiger partial charge is 0.378 e. The Morgan fingerprint density at radius 3 is 2.90 bits per heavy atom. The third-order valence-corrected chi connectivity index (χ3v) is 4.54. The summed E-state index contributed by atoms with van der Waals surface area (Å²) in [6.07, 6.45) is 0. The maximum absolute atomic E-state index is 11.9. The predicted molar refractivity (Wildman–Crippen MR) is 82.9 cm³/mol. The van der Waals surface area contributed by atoms with E-state index in [9.17, 15) is 4.79 Å². The Hall–Kier alpha value is -1.59. The minimum atomic E-state index is 0.0154. The number of anilines is 1. The molecule has 3 rings (SSSR count). The molecule has 1 aliphatic rings. The summed E-state index contributed by atoms with van der Waals surface area (Å²) in [4.78, 5) is 15.0. The summed E-state index contributed by atoms with van der Waals surface area (Å²) >= 11 is 1.55. The molecule has 1 saturated heterocycles. The van der Waals surface area contributed by atoms with Crippen LogP contribution in [0.15, 0.2) is 24.3 Å². The maximum Gasteiger partial charge on any atom is 0.261 e. The van der Waals surface area contributed by atoms with Crippen molar-refractivity contribution in [2.45, 2.75) is 6.92 Å². The molecule has 2 aromatic rings. The molecular formula is C15H18N2O2S. The smallest absolute Gasteiger partial charge is 0.261 e. The number of carbonyl (C=O) groups excluding carboxylic acids is 1. The first-order valence-corrected chi connectivity index (χ1v) is 7.74. The Morgan fingerprint density at radius 1 is 1.35 bits per heavy atom. The zero-order valence-corrected chi connectivity index (χ0v) is 12.3. The first-order chi connectivity index (χ1) is 9.78. The lowest BCUT2D eigenvalue weighted by molar-refractivity contribution is 0.0960. The zero-order valence-electron chi connectivity index (χ0n) is 11.5. The molecule has 106 valence electrons. The van der Waals surface area contributed by atoms with Gasteiger partial charge in [-0.15, -0.1) is 11.3 Å². The number of fused-ring (bicyclic) bond motifs is 1. The molecule has 0 spiro atoms. The van der Waals surface area contributed by atoms with Crippen molar-refractivity contribution in [1.29, 1.82) is 0 Å². The van der Waals surface area contributed by atoms with Gasteiger partial charge in [0.2, 0.25) is 0 Å². The van der Waals surface area contributed by atoms with Gasteiger partial charge >= 0.3 is 0 Å². The van der Waals surface area contributed by atoms with Crippen LogP contribution in [0.5, 0.6) is 0 Å². The zero-order chi connectivity index (χ0) is 13.9. The Labute approximate surface area is 122 Å². The van der Waals surface area contributed by atoms with Gasteiger partial charge in [-0.3, -0.25) is 4.79 Å². The van der Waals surface area contributed by atoms with Crippen molar-refractivity contribution in [2.24, 2.45) is 0 Å². The van der Waals surface area contributed by atoms with Gasteiger partial charge in [0.05, 0.1) is 18.1 Å². The van der Waals surface area contributed by atoms with Crippen LogP contribution in [-0.4, -0.2) is 38.8 Å². The first kappa shape index (κ1) is 13.4. The standard InChI is InChI=1S/C15H18N2O2S/c1-2-16-15(18)14-9-11-3-4-12(10-13(11)20-14)17-5-7-19-8-6-17/h3-4,9-10H,2,5-8H2,1H3,(H,16,18). The van der Waals surface area contributed by atoms with Gasteiger partial charge in [-0.1, -0.05) is 6.07 Å². The second kappa shape index (κ2) is 5.81. The van der Waals surface area contributed by atoms with Crippen LogP contribution in [0.25, 0.3) is 10.1 Å². The molecule has 1 aromatic heterocycles. The number of thiophene rings is 1. The van der Waals surface area contributed by atoms with Crippen LogP contribution >= 0.6 is 11.3 Å². The molecule has 1 fully saturated rings. The lowest BCUT2D eigenvalue weighted by Crippen LogP contribution is -2.36. The number of rotatable bonds is 3. The van der Waals surface area contributed by atoms with Crippen molar-refractivity contribution < 1.29 is 9.53 Å². The fraction of sp³-hybridized carbons (Fsp3) is 0.400. The molecule has 20 heavy (non-hydrogen) atoms. The van der Waals surface area contributed by atoms with Gasteiger partial charge in [-0.2, -0.15) is 0 Å². The average molecular weight is 290 g/mol. The molecular weight excluding hydrogens is 272 g/mol. The SMILES string of the molecule is CCNC(=O)c1cc2ccc(N3CCOCC3)cc2s1. The number of carbonyl (C=O) groups is 1. The van der Waals surface area contributed by atoms with Gasteiger partial charge in [0, 0.05) is 30.0 Å². The quantitative estimate of drug-likeness (QED) is 0.944. The summed E-state index contributed by atoms with van der Waals surface area (Å²) in [5.74, 6) is 0.0154. The predicted octanol–water partition coefficient (Wildman–Crippen LogP) is 2.49. The van der Waals surface area contributed by atoms with Crippen LogP contribution in [-0.2, 0) is 4.74 Å². The minimum absolute atomic E-state index is 0.0154. The Morgan fingerprint density at radius 2 is 2.15 bits per heavy atom. The van der Waals surface area contributed by atoms with Crippen molar-refractivity contribution in [2.75, 3.05) is 37.7 Å². The summed E-state index contributed by atoms with van der Waals surface area (Å²) in [5.41, 5.74) is 1.21. The molecule has 1 aromatic carbocycles. The highest BCUT2D eigenvalue weighted by molar-refractivity contribution is 7.20. The summed E-state index contributed by atoms with van der Waals surface area (Å²) < 4.78 is 6.54. The third kappa shape index (κ3) is 2.64. The van der Waals surface area contributed by atoms with Crippen molar-refractivity contribution in [1.82, 2.24) is 5.32 Å². The monoisotopic (exact) mass is 290 g/mol. The summed E-state index contributed by atoms with van der Waals surface area (Å²) in [7, 11) is 0. The normalized spacial score (nSPS) is 15.6. The molecule has 0 unspecified atom stereocenters. The van der Waals surface area contributed by atoms with E-state index in [2.05, 4.69) is 28.4 Å². The maximum atomic E-state index is 11.9. The Kier molecular flexibility index (Phi) is 3.89. The lowest BCUT2D eigenvalue weighted by Gasteiger charge is -2.28. The van der Waals surface area contributed by atoms with Crippen LogP contribution in [0.4, 0.5) is 5.69 Å². The number of nitrogens with zero attached hydrogens (tertiary/aromatic N) is 1. The van der Waals surface area contributed by atoms with Gasteiger partial charge < -0.3 is 15.0 Å². The van der Waals surface area contributed by atoms with Crippen molar-refractivity contribution in [3.63, 3.8) is 0 Å². The van der Waals surface area contributed by atoms with Gasteiger partial charge in [-0.05, 0) is 30.5 Å². The van der Waals surface area contributed by atoms with E-state index in [1.165, 1.54) is 5.69 Å². The Bertz CT molecular complexity index is 617. The summed E-state index contributed by atoms with van der Waals surface area (Å²) in [6.45, 7) is 6.02. The van der Waals surface area contributed by atoms with E-state index in [0.29, 0.717) is 6.54 Å². The van der Waals surface area contributed by atoms with Crippen LogP contribution in [0.3, 0.4) is 0 Å². The second-order valence-corrected chi connectivity index (χ2v) is 5.88. The molecule has 0 saturated carbocycles. The molecule has 1 amide bonds. The highest BCUT2D eigenvalue weighted by atomic mass is 32.1. The second-order valence-electron chi connectivity index (χ2n) is 4.79. The molecule has 2 heterocycles. The van der Waals surface area contributed by atoms with Crippen molar-refractivity contribution in [3.05, 3.63) is 29.1 Å². The molecule has 1 N–H and O–H groups in total. The Balaban J connectivity index is 1.88. The molecule has 1 aliphatic heterocycles. The van der Waals surface area contributed by atoms with Gasteiger partial charge in [0.15, 0.2) is 0 Å². The summed E-state index contributed by atoms with van der Waals surface area (Å²) in [6, 6.07) is 8.36. The minimum Gasteiger partial charge on any atom is -0.378 e. The van der Waals surface area contributed by atoms with Crippen LogP contribution in [0, 0.1) is 0 Å². The molecule has 0 bridgehead atoms. The average Bonchev–Trinajstić information content (AvgIpc) is 2.91. The van der Waals surface area contributed by atoms with Crippen LogP contribution in [0.1, 0.15) is 16.6 Å². The van der Waals surface area contributed by atoms with E-state index in [1.54, 1.807) is 11.3 Å². The van der Waals surface area contributed by atoms with E-state index in [0.717, 1.165) is 41.3 Å². The van der Waals surface area contributed by atoms with E-state index in [-0.39, 0.29) is 5.91 Å².